The van der Waals surface area contributed by atoms with E-state index in [0.717, 1.165) is 5.69 Å². The molecule has 14 heavy (non-hydrogen) atoms. The van der Waals surface area contributed by atoms with Crippen LogP contribution in [-0.2, 0) is 0 Å². The molecule has 0 spiro atoms. The van der Waals surface area contributed by atoms with Crippen LogP contribution in [-0.4, -0.2) is 9.97 Å². The number of nitrogens with one attached hydrogen (secondary N) is 1. The van der Waals surface area contributed by atoms with Crippen molar-refractivity contribution in [3.63, 3.8) is 0 Å². The van der Waals surface area contributed by atoms with Crippen molar-refractivity contribution in [2.24, 2.45) is 5.11 Å². The molecule has 0 aliphatic rings. The summed E-state index contributed by atoms with van der Waals surface area (Å²) < 4.78 is 13.5. The molecule has 0 unspecified atom stereocenters. The van der Waals surface area contributed by atoms with E-state index in [1.54, 1.807) is 13.0 Å². The molecule has 0 atom stereocenters. The van der Waals surface area contributed by atoms with E-state index in [1.165, 1.54) is 6.20 Å². The van der Waals surface area contributed by atoms with Gasteiger partial charge in [0.2, 0.25) is 0 Å². The lowest BCUT2D eigenvalue weighted by Gasteiger charge is -1.94. The summed E-state index contributed by atoms with van der Waals surface area (Å²) in [5.41, 5.74) is 9.36. The van der Waals surface area contributed by atoms with Gasteiger partial charge in [-0.2, -0.15) is 0 Å². The van der Waals surface area contributed by atoms with E-state index in [-0.39, 0.29) is 5.69 Å². The van der Waals surface area contributed by atoms with Gasteiger partial charge in [0.15, 0.2) is 0 Å². The average molecular weight is 191 g/mol. The Bertz CT molecular complexity index is 538. The van der Waals surface area contributed by atoms with Crippen molar-refractivity contribution in [2.45, 2.75) is 6.92 Å². The molecule has 0 amide bonds. The van der Waals surface area contributed by atoms with E-state index in [1.807, 2.05) is 0 Å². The van der Waals surface area contributed by atoms with Crippen molar-refractivity contribution >= 4 is 16.7 Å². The number of nitrogens with zero attached hydrogens (tertiary/aromatic N) is 4. The number of aryl methyl sites for hydroxylation is 1. The quantitative estimate of drug-likeness (QED) is 0.419. The second-order valence-electron chi connectivity index (χ2n) is 2.86. The van der Waals surface area contributed by atoms with Gasteiger partial charge in [-0.3, -0.25) is 0 Å². The van der Waals surface area contributed by atoms with Gasteiger partial charge in [0.1, 0.15) is 11.5 Å². The maximum absolute atomic E-state index is 13.5. The standard InChI is InChI=1S/C8H6FN5/c1-4-2-5-7(9)6(13-14-10)3-11-8(5)12-4/h2-3H,1H3,(H,11,12). The summed E-state index contributed by atoms with van der Waals surface area (Å²) in [6.07, 6.45) is 1.20. The molecule has 0 radical (unpaired) electrons. The van der Waals surface area contributed by atoms with Crippen molar-refractivity contribution in [3.05, 3.63) is 34.2 Å². The van der Waals surface area contributed by atoms with E-state index in [0.29, 0.717) is 11.0 Å². The number of hydrogen-bond donors (Lipinski definition) is 1. The van der Waals surface area contributed by atoms with Crippen molar-refractivity contribution in [1.29, 1.82) is 0 Å². The Balaban J connectivity index is 2.79. The van der Waals surface area contributed by atoms with Gasteiger partial charge < -0.3 is 4.98 Å². The Labute approximate surface area is 78.2 Å². The fraction of sp³-hybridized carbons (Fsp3) is 0.125. The van der Waals surface area contributed by atoms with Crippen LogP contribution in [0.15, 0.2) is 17.4 Å². The number of pyridine rings is 1. The van der Waals surface area contributed by atoms with Crippen molar-refractivity contribution < 1.29 is 4.39 Å². The third kappa shape index (κ3) is 1.18. The topological polar surface area (TPSA) is 77.4 Å². The predicted molar refractivity (Wildman–Crippen MR) is 49.6 cm³/mol. The summed E-state index contributed by atoms with van der Waals surface area (Å²) in [6.45, 7) is 1.80. The fourth-order valence-corrected chi connectivity index (χ4v) is 1.28. The maximum Gasteiger partial charge on any atom is 0.145 e. The second kappa shape index (κ2) is 3.01. The maximum atomic E-state index is 13.5. The minimum absolute atomic E-state index is 0.0843. The Hall–Kier alpha value is -2.07. The van der Waals surface area contributed by atoms with Crippen LogP contribution in [0.3, 0.4) is 0 Å². The molecule has 0 saturated carbocycles. The number of fused-ring (bicyclic) bond motifs is 1. The molecule has 70 valence electrons. The Morgan fingerprint density at radius 3 is 3.14 bits per heavy atom. The van der Waals surface area contributed by atoms with Crippen LogP contribution in [0.25, 0.3) is 21.5 Å². The highest BCUT2D eigenvalue weighted by molar-refractivity contribution is 5.80. The summed E-state index contributed by atoms with van der Waals surface area (Å²) in [5.74, 6) is -0.544. The highest BCUT2D eigenvalue weighted by Crippen LogP contribution is 2.24. The molecule has 5 nitrogen and oxygen atoms in total. The van der Waals surface area contributed by atoms with Crippen LogP contribution in [0.5, 0.6) is 0 Å². The van der Waals surface area contributed by atoms with Gasteiger partial charge in [-0.25, -0.2) is 9.37 Å². The second-order valence-corrected chi connectivity index (χ2v) is 2.86. The van der Waals surface area contributed by atoms with E-state index in [9.17, 15) is 4.39 Å². The molecule has 0 aromatic carbocycles. The predicted octanol–water partition coefficient (Wildman–Crippen LogP) is 2.95. The SMILES string of the molecule is Cc1cc2c(F)c(N=[N+]=[N-])cnc2[nH]1. The first-order valence-corrected chi connectivity index (χ1v) is 3.91. The summed E-state index contributed by atoms with van der Waals surface area (Å²) in [5, 5.41) is 3.53. The van der Waals surface area contributed by atoms with Gasteiger partial charge >= 0.3 is 0 Å². The monoisotopic (exact) mass is 191 g/mol. The average Bonchev–Trinajstić information content (AvgIpc) is 2.52. The van der Waals surface area contributed by atoms with Gasteiger partial charge in [-0.15, -0.1) is 0 Å². The first-order valence-electron chi connectivity index (χ1n) is 3.91. The third-order valence-corrected chi connectivity index (χ3v) is 1.86. The smallest absolute Gasteiger partial charge is 0.145 e. The highest BCUT2D eigenvalue weighted by Gasteiger charge is 2.08. The molecule has 2 heterocycles. The van der Waals surface area contributed by atoms with E-state index >= 15 is 0 Å². The van der Waals surface area contributed by atoms with Crippen molar-refractivity contribution in [2.75, 3.05) is 0 Å². The van der Waals surface area contributed by atoms with Crippen LogP contribution in [0.4, 0.5) is 10.1 Å². The Kier molecular flexibility index (Phi) is 1.83. The normalized spacial score (nSPS) is 10.1. The van der Waals surface area contributed by atoms with Gasteiger partial charge in [0.25, 0.3) is 0 Å². The lowest BCUT2D eigenvalue weighted by Crippen LogP contribution is -1.81. The van der Waals surface area contributed by atoms with E-state index in [2.05, 4.69) is 20.0 Å². The molecule has 0 bridgehead atoms. The molecule has 0 fully saturated rings. The summed E-state index contributed by atoms with van der Waals surface area (Å²) in [7, 11) is 0. The minimum Gasteiger partial charge on any atom is -0.343 e. The van der Waals surface area contributed by atoms with Crippen LogP contribution < -0.4 is 0 Å². The minimum atomic E-state index is -0.544. The fourth-order valence-electron chi connectivity index (χ4n) is 1.28. The number of H-pyrrole nitrogens is 1. The lowest BCUT2D eigenvalue weighted by atomic mass is 10.3. The van der Waals surface area contributed by atoms with Crippen molar-refractivity contribution in [3.8, 4) is 0 Å². The van der Waals surface area contributed by atoms with Gasteiger partial charge in [-0.05, 0) is 18.5 Å². The number of rotatable bonds is 1. The molecule has 2 aromatic heterocycles. The Morgan fingerprint density at radius 2 is 2.43 bits per heavy atom. The largest absolute Gasteiger partial charge is 0.343 e. The molecule has 2 aromatic rings. The zero-order chi connectivity index (χ0) is 10.1. The van der Waals surface area contributed by atoms with Crippen LogP contribution >= 0.6 is 0 Å². The molecule has 0 saturated heterocycles. The summed E-state index contributed by atoms with van der Waals surface area (Å²) in [6, 6.07) is 1.62. The number of halogens is 1. The van der Waals surface area contributed by atoms with Gasteiger partial charge in [0.05, 0.1) is 11.1 Å². The van der Waals surface area contributed by atoms with Crippen LogP contribution in [0.1, 0.15) is 5.69 Å². The first-order chi connectivity index (χ1) is 6.72. The zero-order valence-electron chi connectivity index (χ0n) is 7.32. The molecular weight excluding hydrogens is 185 g/mol. The molecule has 2 rings (SSSR count). The summed E-state index contributed by atoms with van der Waals surface area (Å²) >= 11 is 0. The molecule has 1 N–H and O–H groups in total. The van der Waals surface area contributed by atoms with Crippen molar-refractivity contribution in [1.82, 2.24) is 9.97 Å². The molecular formula is C8H6FN5. The Morgan fingerprint density at radius 1 is 1.64 bits per heavy atom. The molecule has 0 aliphatic heterocycles. The summed E-state index contributed by atoms with van der Waals surface area (Å²) in [4.78, 5) is 9.32. The van der Waals surface area contributed by atoms with Crippen LogP contribution in [0, 0.1) is 12.7 Å². The molecule has 6 heteroatoms. The highest BCUT2D eigenvalue weighted by atomic mass is 19.1. The molecule has 0 aliphatic carbocycles. The van der Waals surface area contributed by atoms with Gasteiger partial charge in [-0.1, -0.05) is 5.11 Å². The number of aromatic nitrogens is 2. The van der Waals surface area contributed by atoms with Crippen LogP contribution in [0.2, 0.25) is 0 Å². The number of hydrogen-bond acceptors (Lipinski definition) is 2. The number of azide groups is 1. The van der Waals surface area contributed by atoms with Gasteiger partial charge in [0, 0.05) is 16.8 Å². The first kappa shape index (κ1) is 8.52. The lowest BCUT2D eigenvalue weighted by molar-refractivity contribution is 0.640. The van der Waals surface area contributed by atoms with E-state index in [4.69, 9.17) is 5.53 Å². The number of aromatic amines is 1. The van der Waals surface area contributed by atoms with E-state index < -0.39 is 5.82 Å². The zero-order valence-corrected chi connectivity index (χ0v) is 7.32. The third-order valence-electron chi connectivity index (χ3n) is 1.86.